The molecule has 112 valence electrons. The average Bonchev–Trinajstić information content (AvgIpc) is 3.40. The van der Waals surface area contributed by atoms with Crippen molar-refractivity contribution in [2.45, 2.75) is 25.8 Å². The molecule has 0 bridgehead atoms. The van der Waals surface area contributed by atoms with Crippen molar-refractivity contribution in [3.8, 4) is 0 Å². The molecular weight excluding hydrogens is 274 g/mol. The van der Waals surface area contributed by atoms with Crippen LogP contribution in [0.3, 0.4) is 0 Å². The molecule has 0 aromatic heterocycles. The van der Waals surface area contributed by atoms with Gasteiger partial charge in [0.2, 0.25) is 0 Å². The van der Waals surface area contributed by atoms with E-state index in [1.807, 2.05) is 25.1 Å². The SMILES string of the molecule is C[C@@H](NC(=O)c1ccccc1C(=O)c1ccccc1)C1CC1. The van der Waals surface area contributed by atoms with Gasteiger partial charge in [-0.2, -0.15) is 0 Å². The van der Waals surface area contributed by atoms with Crippen LogP contribution in [0.15, 0.2) is 54.6 Å². The van der Waals surface area contributed by atoms with Gasteiger partial charge >= 0.3 is 0 Å². The number of hydrogen-bond acceptors (Lipinski definition) is 2. The van der Waals surface area contributed by atoms with E-state index in [4.69, 9.17) is 0 Å². The Hall–Kier alpha value is -2.42. The third-order valence-electron chi connectivity index (χ3n) is 4.14. The molecule has 1 aliphatic rings. The van der Waals surface area contributed by atoms with Crippen LogP contribution in [-0.2, 0) is 0 Å². The summed E-state index contributed by atoms with van der Waals surface area (Å²) in [6, 6.07) is 16.2. The second kappa shape index (κ2) is 6.14. The number of carbonyl (C=O) groups is 2. The maximum Gasteiger partial charge on any atom is 0.252 e. The first-order valence-corrected chi connectivity index (χ1v) is 7.66. The molecule has 3 rings (SSSR count). The zero-order chi connectivity index (χ0) is 15.5. The second-order valence-corrected chi connectivity index (χ2v) is 5.84. The lowest BCUT2D eigenvalue weighted by Gasteiger charge is -2.14. The van der Waals surface area contributed by atoms with Gasteiger partial charge in [0, 0.05) is 17.2 Å². The molecule has 3 nitrogen and oxygen atoms in total. The standard InChI is InChI=1S/C19H19NO2/c1-13(14-11-12-14)20-19(22)17-10-6-5-9-16(17)18(21)15-7-3-2-4-8-15/h2-10,13-14H,11-12H2,1H3,(H,20,22)/t13-/m1/s1. The van der Waals surface area contributed by atoms with E-state index >= 15 is 0 Å². The van der Waals surface area contributed by atoms with Crippen molar-refractivity contribution >= 4 is 11.7 Å². The highest BCUT2D eigenvalue weighted by Crippen LogP contribution is 2.32. The first kappa shape index (κ1) is 14.5. The monoisotopic (exact) mass is 293 g/mol. The van der Waals surface area contributed by atoms with Crippen molar-refractivity contribution in [2.75, 3.05) is 0 Å². The summed E-state index contributed by atoms with van der Waals surface area (Å²) >= 11 is 0. The fourth-order valence-electron chi connectivity index (χ4n) is 2.62. The molecule has 2 aromatic rings. The lowest BCUT2D eigenvalue weighted by molar-refractivity contribution is 0.0926. The van der Waals surface area contributed by atoms with Crippen LogP contribution < -0.4 is 5.32 Å². The van der Waals surface area contributed by atoms with Gasteiger partial charge in [-0.15, -0.1) is 0 Å². The van der Waals surface area contributed by atoms with Gasteiger partial charge in [0.1, 0.15) is 0 Å². The lowest BCUT2D eigenvalue weighted by atomic mass is 9.97. The van der Waals surface area contributed by atoms with Crippen molar-refractivity contribution in [1.29, 1.82) is 0 Å². The third kappa shape index (κ3) is 3.08. The van der Waals surface area contributed by atoms with Crippen molar-refractivity contribution in [2.24, 2.45) is 5.92 Å². The van der Waals surface area contributed by atoms with Crippen molar-refractivity contribution in [1.82, 2.24) is 5.32 Å². The number of rotatable bonds is 5. The Morgan fingerprint density at radius 2 is 1.55 bits per heavy atom. The van der Waals surface area contributed by atoms with E-state index in [1.165, 1.54) is 12.8 Å². The molecule has 0 radical (unpaired) electrons. The molecular formula is C19H19NO2. The van der Waals surface area contributed by atoms with E-state index in [0.717, 1.165) is 0 Å². The Morgan fingerprint density at radius 1 is 0.955 bits per heavy atom. The van der Waals surface area contributed by atoms with E-state index in [-0.39, 0.29) is 17.7 Å². The van der Waals surface area contributed by atoms with Crippen LogP contribution in [0.1, 0.15) is 46.0 Å². The van der Waals surface area contributed by atoms with Gasteiger partial charge in [0.05, 0.1) is 5.56 Å². The highest BCUT2D eigenvalue weighted by Gasteiger charge is 2.29. The molecule has 0 heterocycles. The number of amides is 1. The highest BCUT2D eigenvalue weighted by molar-refractivity contribution is 6.15. The van der Waals surface area contributed by atoms with Crippen LogP contribution in [0.5, 0.6) is 0 Å². The fraction of sp³-hybridized carbons (Fsp3) is 0.263. The summed E-state index contributed by atoms with van der Waals surface area (Å²) in [5, 5.41) is 3.01. The number of benzene rings is 2. The van der Waals surface area contributed by atoms with Gasteiger partial charge in [0.25, 0.3) is 5.91 Å². The summed E-state index contributed by atoms with van der Waals surface area (Å²) < 4.78 is 0. The molecule has 1 fully saturated rings. The largest absolute Gasteiger partial charge is 0.349 e. The third-order valence-corrected chi connectivity index (χ3v) is 4.14. The molecule has 0 aliphatic heterocycles. The number of carbonyl (C=O) groups excluding carboxylic acids is 2. The fourth-order valence-corrected chi connectivity index (χ4v) is 2.62. The molecule has 22 heavy (non-hydrogen) atoms. The Morgan fingerprint density at radius 3 is 2.18 bits per heavy atom. The zero-order valence-corrected chi connectivity index (χ0v) is 12.6. The summed E-state index contributed by atoms with van der Waals surface area (Å²) in [5.41, 5.74) is 1.50. The molecule has 3 heteroatoms. The van der Waals surface area contributed by atoms with Gasteiger partial charge in [-0.25, -0.2) is 0 Å². The molecule has 1 amide bonds. The minimum Gasteiger partial charge on any atom is -0.349 e. The molecule has 1 N–H and O–H groups in total. The average molecular weight is 293 g/mol. The van der Waals surface area contributed by atoms with E-state index in [2.05, 4.69) is 5.32 Å². The Labute approximate surface area is 130 Å². The van der Waals surface area contributed by atoms with Crippen LogP contribution in [0.25, 0.3) is 0 Å². The van der Waals surface area contributed by atoms with Crippen molar-refractivity contribution in [3.63, 3.8) is 0 Å². The minimum atomic E-state index is -0.167. The van der Waals surface area contributed by atoms with E-state index in [1.54, 1.807) is 36.4 Å². The molecule has 2 aromatic carbocycles. The predicted octanol–water partition coefficient (Wildman–Crippen LogP) is 3.45. The summed E-state index contributed by atoms with van der Waals surface area (Å²) in [7, 11) is 0. The quantitative estimate of drug-likeness (QED) is 0.858. The highest BCUT2D eigenvalue weighted by atomic mass is 16.2. The second-order valence-electron chi connectivity index (χ2n) is 5.84. The van der Waals surface area contributed by atoms with Gasteiger partial charge < -0.3 is 5.32 Å². The molecule has 1 saturated carbocycles. The zero-order valence-electron chi connectivity index (χ0n) is 12.6. The van der Waals surface area contributed by atoms with E-state index in [0.29, 0.717) is 22.6 Å². The minimum absolute atomic E-state index is 0.120. The number of nitrogens with one attached hydrogen (secondary N) is 1. The van der Waals surface area contributed by atoms with Gasteiger partial charge in [-0.1, -0.05) is 48.5 Å². The first-order chi connectivity index (χ1) is 10.7. The smallest absolute Gasteiger partial charge is 0.252 e. The van der Waals surface area contributed by atoms with E-state index in [9.17, 15) is 9.59 Å². The Kier molecular flexibility index (Phi) is 4.05. The maximum atomic E-state index is 12.6. The van der Waals surface area contributed by atoms with Crippen molar-refractivity contribution < 1.29 is 9.59 Å². The van der Waals surface area contributed by atoms with Crippen LogP contribution in [0, 0.1) is 5.92 Å². The van der Waals surface area contributed by atoms with E-state index < -0.39 is 0 Å². The Bertz CT molecular complexity index is 690. The molecule has 0 saturated heterocycles. The van der Waals surface area contributed by atoms with Crippen LogP contribution in [-0.4, -0.2) is 17.7 Å². The normalized spacial score (nSPS) is 15.1. The van der Waals surface area contributed by atoms with Gasteiger partial charge in [-0.3, -0.25) is 9.59 Å². The Balaban J connectivity index is 1.86. The molecule has 1 atom stereocenters. The molecule has 1 aliphatic carbocycles. The summed E-state index contributed by atoms with van der Waals surface area (Å²) in [6.45, 7) is 2.02. The number of ketones is 1. The van der Waals surface area contributed by atoms with Gasteiger partial charge in [0.15, 0.2) is 5.78 Å². The number of hydrogen-bond donors (Lipinski definition) is 1. The predicted molar refractivity (Wildman–Crippen MR) is 86.0 cm³/mol. The van der Waals surface area contributed by atoms with Crippen LogP contribution in [0.4, 0.5) is 0 Å². The van der Waals surface area contributed by atoms with Crippen molar-refractivity contribution in [3.05, 3.63) is 71.3 Å². The lowest BCUT2D eigenvalue weighted by Crippen LogP contribution is -2.34. The molecule has 0 spiro atoms. The summed E-state index contributed by atoms with van der Waals surface area (Å²) in [4.78, 5) is 25.1. The first-order valence-electron chi connectivity index (χ1n) is 7.66. The van der Waals surface area contributed by atoms with Crippen LogP contribution in [0.2, 0.25) is 0 Å². The summed E-state index contributed by atoms with van der Waals surface area (Å²) in [5.74, 6) is 0.297. The topological polar surface area (TPSA) is 46.2 Å². The molecule has 0 unspecified atom stereocenters. The summed E-state index contributed by atoms with van der Waals surface area (Å²) in [6.07, 6.45) is 2.35. The maximum absolute atomic E-state index is 12.6. The van der Waals surface area contributed by atoms with Crippen LogP contribution >= 0.6 is 0 Å². The van der Waals surface area contributed by atoms with Gasteiger partial charge in [-0.05, 0) is 31.7 Å².